The molecule has 76 valence electrons. The maximum Gasteiger partial charge on any atom is 0.0818 e. The van der Waals surface area contributed by atoms with Crippen molar-refractivity contribution in [3.8, 4) is 0 Å². The number of hydrogen-bond acceptors (Lipinski definition) is 1. The van der Waals surface area contributed by atoms with Crippen LogP contribution in [0.4, 0.5) is 5.69 Å². The van der Waals surface area contributed by atoms with Crippen molar-refractivity contribution in [2.24, 2.45) is 0 Å². The molecule has 0 spiro atoms. The fraction of sp³-hybridized carbons (Fsp3) is 0.417. The van der Waals surface area contributed by atoms with Gasteiger partial charge in [0.05, 0.1) is 4.99 Å². The van der Waals surface area contributed by atoms with E-state index in [0.717, 1.165) is 11.4 Å². The first kappa shape index (κ1) is 11.2. The van der Waals surface area contributed by atoms with Crippen LogP contribution < -0.4 is 4.90 Å². The van der Waals surface area contributed by atoms with Crippen LogP contribution in [0.3, 0.4) is 0 Å². The third kappa shape index (κ3) is 2.55. The predicted molar refractivity (Wildman–Crippen MR) is 67.2 cm³/mol. The van der Waals surface area contributed by atoms with Crippen LogP contribution in [0, 0.1) is 13.8 Å². The Morgan fingerprint density at radius 2 is 1.71 bits per heavy atom. The molecule has 0 aromatic heterocycles. The Labute approximate surface area is 91.7 Å². The van der Waals surface area contributed by atoms with Crippen LogP contribution in [0.25, 0.3) is 0 Å². The second-order valence-electron chi connectivity index (χ2n) is 3.65. The summed E-state index contributed by atoms with van der Waals surface area (Å²) in [6, 6.07) is 6.50. The van der Waals surface area contributed by atoms with Gasteiger partial charge in [-0.15, -0.1) is 0 Å². The Kier molecular flexibility index (Phi) is 3.64. The van der Waals surface area contributed by atoms with Crippen LogP contribution in [-0.4, -0.2) is 12.0 Å². The average molecular weight is 207 g/mol. The van der Waals surface area contributed by atoms with Crippen LogP contribution in [0.2, 0.25) is 0 Å². The summed E-state index contributed by atoms with van der Waals surface area (Å²) in [5, 5.41) is 0. The first-order valence-electron chi connectivity index (χ1n) is 4.89. The van der Waals surface area contributed by atoms with Crippen LogP contribution in [0.15, 0.2) is 18.2 Å². The van der Waals surface area contributed by atoms with E-state index in [1.807, 2.05) is 7.05 Å². The number of nitrogens with zero attached hydrogens (tertiary/aromatic N) is 1. The first-order valence-corrected chi connectivity index (χ1v) is 5.30. The van der Waals surface area contributed by atoms with Gasteiger partial charge in [0, 0.05) is 12.7 Å². The van der Waals surface area contributed by atoms with Crippen molar-refractivity contribution in [2.75, 3.05) is 11.9 Å². The Hall–Kier alpha value is -0.890. The summed E-state index contributed by atoms with van der Waals surface area (Å²) in [6.45, 7) is 6.31. The maximum atomic E-state index is 5.27. The molecule has 1 nitrogen and oxygen atoms in total. The van der Waals surface area contributed by atoms with E-state index in [1.165, 1.54) is 16.8 Å². The van der Waals surface area contributed by atoms with E-state index in [-0.39, 0.29) is 0 Å². The number of rotatable bonds is 2. The third-order valence-electron chi connectivity index (χ3n) is 2.27. The Balaban J connectivity index is 3.00. The van der Waals surface area contributed by atoms with Crippen LogP contribution in [0.5, 0.6) is 0 Å². The zero-order valence-corrected chi connectivity index (χ0v) is 10.1. The molecule has 1 aromatic carbocycles. The van der Waals surface area contributed by atoms with E-state index in [9.17, 15) is 0 Å². The molecule has 0 aliphatic carbocycles. The summed E-state index contributed by atoms with van der Waals surface area (Å²) in [6.07, 6.45) is 0.915. The van der Waals surface area contributed by atoms with Crippen molar-refractivity contribution in [1.29, 1.82) is 0 Å². The van der Waals surface area contributed by atoms with Crippen molar-refractivity contribution >= 4 is 22.9 Å². The lowest BCUT2D eigenvalue weighted by molar-refractivity contribution is 1.18. The van der Waals surface area contributed by atoms with Crippen molar-refractivity contribution in [3.63, 3.8) is 0 Å². The predicted octanol–water partition coefficient (Wildman–Crippen LogP) is 3.48. The second kappa shape index (κ2) is 4.56. The van der Waals surface area contributed by atoms with Gasteiger partial charge in [-0.05, 0) is 43.5 Å². The Morgan fingerprint density at radius 3 is 2.14 bits per heavy atom. The third-order valence-corrected chi connectivity index (χ3v) is 2.83. The number of hydrogen-bond donors (Lipinski definition) is 0. The van der Waals surface area contributed by atoms with Gasteiger partial charge >= 0.3 is 0 Å². The van der Waals surface area contributed by atoms with Crippen molar-refractivity contribution in [2.45, 2.75) is 27.2 Å². The van der Waals surface area contributed by atoms with E-state index < -0.39 is 0 Å². The topological polar surface area (TPSA) is 3.24 Å². The molecule has 1 rings (SSSR count). The molecule has 0 N–H and O–H groups in total. The molecule has 0 saturated carbocycles. The molecular weight excluding hydrogens is 190 g/mol. The van der Waals surface area contributed by atoms with Crippen LogP contribution in [-0.2, 0) is 0 Å². The van der Waals surface area contributed by atoms with E-state index in [4.69, 9.17) is 12.2 Å². The molecule has 0 atom stereocenters. The maximum absolute atomic E-state index is 5.27. The highest BCUT2D eigenvalue weighted by Crippen LogP contribution is 2.18. The molecule has 0 aliphatic heterocycles. The average Bonchev–Trinajstić information content (AvgIpc) is 2.14. The van der Waals surface area contributed by atoms with Crippen molar-refractivity contribution in [3.05, 3.63) is 29.3 Å². The molecule has 0 radical (unpaired) electrons. The van der Waals surface area contributed by atoms with Gasteiger partial charge in [-0.2, -0.15) is 0 Å². The Bertz CT molecular complexity index is 324. The fourth-order valence-electron chi connectivity index (χ4n) is 1.53. The minimum Gasteiger partial charge on any atom is -0.339 e. The van der Waals surface area contributed by atoms with Gasteiger partial charge in [-0.25, -0.2) is 0 Å². The molecule has 0 fully saturated rings. The molecule has 0 bridgehead atoms. The lowest BCUT2D eigenvalue weighted by Gasteiger charge is -2.20. The molecule has 2 heteroatoms. The molecule has 0 aliphatic rings. The van der Waals surface area contributed by atoms with Crippen LogP contribution in [0.1, 0.15) is 24.5 Å². The van der Waals surface area contributed by atoms with E-state index in [0.29, 0.717) is 0 Å². The second-order valence-corrected chi connectivity index (χ2v) is 4.12. The minimum atomic E-state index is 0.915. The van der Waals surface area contributed by atoms with E-state index >= 15 is 0 Å². The molecule has 0 saturated heterocycles. The van der Waals surface area contributed by atoms with Crippen molar-refractivity contribution < 1.29 is 0 Å². The van der Waals surface area contributed by atoms with Crippen LogP contribution >= 0.6 is 12.2 Å². The number of thiocarbonyl (C=S) groups is 1. The smallest absolute Gasteiger partial charge is 0.0818 e. The largest absolute Gasteiger partial charge is 0.339 e. The molecule has 0 amide bonds. The zero-order chi connectivity index (χ0) is 10.7. The summed E-state index contributed by atoms with van der Waals surface area (Å²) in [7, 11) is 2.03. The summed E-state index contributed by atoms with van der Waals surface area (Å²) >= 11 is 5.27. The van der Waals surface area contributed by atoms with Gasteiger partial charge in [-0.1, -0.05) is 25.2 Å². The van der Waals surface area contributed by atoms with E-state index in [1.54, 1.807) is 0 Å². The number of anilines is 1. The van der Waals surface area contributed by atoms with Crippen molar-refractivity contribution in [1.82, 2.24) is 0 Å². The zero-order valence-electron chi connectivity index (χ0n) is 9.29. The van der Waals surface area contributed by atoms with Gasteiger partial charge in [0.15, 0.2) is 0 Å². The highest BCUT2D eigenvalue weighted by molar-refractivity contribution is 7.80. The quantitative estimate of drug-likeness (QED) is 0.683. The molecule has 14 heavy (non-hydrogen) atoms. The lowest BCUT2D eigenvalue weighted by atomic mass is 10.1. The fourth-order valence-corrected chi connectivity index (χ4v) is 1.63. The first-order chi connectivity index (χ1) is 6.54. The van der Waals surface area contributed by atoms with Gasteiger partial charge < -0.3 is 4.90 Å². The summed E-state index contributed by atoms with van der Waals surface area (Å²) in [5.74, 6) is 0. The molecule has 0 heterocycles. The molecule has 0 unspecified atom stereocenters. The Morgan fingerprint density at radius 1 is 1.21 bits per heavy atom. The highest BCUT2D eigenvalue weighted by atomic mass is 32.1. The van der Waals surface area contributed by atoms with E-state index in [2.05, 4.69) is 43.9 Å². The normalized spacial score (nSPS) is 10.0. The van der Waals surface area contributed by atoms with Gasteiger partial charge in [0.1, 0.15) is 0 Å². The van der Waals surface area contributed by atoms with Gasteiger partial charge in [0.2, 0.25) is 0 Å². The minimum absolute atomic E-state index is 0.915. The summed E-state index contributed by atoms with van der Waals surface area (Å²) in [4.78, 5) is 3.06. The number of benzene rings is 1. The standard InChI is InChI=1S/C12H17NS/c1-5-12(14)13(4)11-7-9(2)6-10(3)8-11/h6-8H,5H2,1-4H3. The summed E-state index contributed by atoms with van der Waals surface area (Å²) in [5.41, 5.74) is 3.76. The van der Waals surface area contributed by atoms with Gasteiger partial charge in [0.25, 0.3) is 0 Å². The SMILES string of the molecule is CCC(=S)N(C)c1cc(C)cc(C)c1. The molecule has 1 aromatic rings. The summed E-state index contributed by atoms with van der Waals surface area (Å²) < 4.78 is 0. The number of aryl methyl sites for hydroxylation is 2. The lowest BCUT2D eigenvalue weighted by Crippen LogP contribution is -2.23. The van der Waals surface area contributed by atoms with Gasteiger partial charge in [-0.3, -0.25) is 0 Å². The highest BCUT2D eigenvalue weighted by Gasteiger charge is 2.05. The molecular formula is C12H17NS. The monoisotopic (exact) mass is 207 g/mol.